The first kappa shape index (κ1) is 19.0. The number of carbonyl (C=O) groups excluding carboxylic acids is 1. The summed E-state index contributed by atoms with van der Waals surface area (Å²) in [5, 5.41) is 11.0. The molecule has 1 amide bonds. The maximum Gasteiger partial charge on any atom is 0.249 e. The molecule has 4 nitrogen and oxygen atoms in total. The van der Waals surface area contributed by atoms with Gasteiger partial charge >= 0.3 is 0 Å². The molecule has 0 aliphatic carbocycles. The Morgan fingerprint density at radius 2 is 1.96 bits per heavy atom. The van der Waals surface area contributed by atoms with Gasteiger partial charge in [-0.05, 0) is 48.4 Å². The number of amides is 1. The molecule has 2 aromatic rings. The molecule has 1 atom stereocenters. The number of ether oxygens (including phenoxy) is 1. The first-order chi connectivity index (χ1) is 11.9. The summed E-state index contributed by atoms with van der Waals surface area (Å²) in [6.07, 6.45) is 1.01. The number of benzene rings is 2. The fourth-order valence-corrected chi connectivity index (χ4v) is 2.59. The van der Waals surface area contributed by atoms with Gasteiger partial charge in [-0.25, -0.2) is 0 Å². The number of rotatable bonds is 6. The number of nitrogens with zero attached hydrogens (tertiary/aromatic N) is 1. The molecule has 2 aromatic carbocycles. The minimum absolute atomic E-state index is 0.142. The highest BCUT2D eigenvalue weighted by atomic mass is 35.5. The molecule has 1 N–H and O–H groups in total. The summed E-state index contributed by atoms with van der Waals surface area (Å²) in [6, 6.07) is 14.5. The predicted molar refractivity (Wildman–Crippen MR) is 101 cm³/mol. The number of aliphatic hydroxyl groups is 1. The van der Waals surface area contributed by atoms with Crippen LogP contribution in [0.15, 0.2) is 54.1 Å². The third-order valence-electron chi connectivity index (χ3n) is 3.86. The molecule has 0 aromatic heterocycles. The molecule has 0 aliphatic heterocycles. The summed E-state index contributed by atoms with van der Waals surface area (Å²) in [5.41, 5.74) is 2.19. The average Bonchev–Trinajstić information content (AvgIpc) is 2.62. The molecule has 1 unspecified atom stereocenters. The Labute approximate surface area is 153 Å². The van der Waals surface area contributed by atoms with Crippen LogP contribution in [-0.4, -0.2) is 36.6 Å². The zero-order valence-electron chi connectivity index (χ0n) is 14.6. The molecule has 0 aliphatic rings. The van der Waals surface area contributed by atoms with Gasteiger partial charge in [0.15, 0.2) is 0 Å². The Kier molecular flexibility index (Phi) is 6.62. The SMILES string of the molecule is COc1cccc(C(O)CN(C)C(=O)/C(C)=C/c2ccc(Cl)cc2)c1. The lowest BCUT2D eigenvalue weighted by Crippen LogP contribution is -2.31. The van der Waals surface area contributed by atoms with Crippen LogP contribution in [0.5, 0.6) is 5.75 Å². The van der Waals surface area contributed by atoms with E-state index in [-0.39, 0.29) is 12.5 Å². The lowest BCUT2D eigenvalue weighted by atomic mass is 10.1. The number of methoxy groups -OCH3 is 1. The second-order valence-electron chi connectivity index (χ2n) is 5.86. The first-order valence-corrected chi connectivity index (χ1v) is 8.30. The normalized spacial score (nSPS) is 12.6. The van der Waals surface area contributed by atoms with E-state index in [0.717, 1.165) is 5.56 Å². The molecule has 0 heterocycles. The van der Waals surface area contributed by atoms with E-state index in [2.05, 4.69) is 0 Å². The van der Waals surface area contributed by atoms with Gasteiger partial charge in [-0.1, -0.05) is 35.9 Å². The van der Waals surface area contributed by atoms with Gasteiger partial charge in [0, 0.05) is 17.6 Å². The summed E-state index contributed by atoms with van der Waals surface area (Å²) in [7, 11) is 3.25. The molecular formula is C20H22ClNO3. The van der Waals surface area contributed by atoms with Crippen molar-refractivity contribution in [2.24, 2.45) is 0 Å². The molecule has 2 rings (SSSR count). The van der Waals surface area contributed by atoms with Crippen LogP contribution in [0.1, 0.15) is 24.2 Å². The van der Waals surface area contributed by atoms with Crippen LogP contribution in [0.2, 0.25) is 5.02 Å². The van der Waals surface area contributed by atoms with E-state index in [9.17, 15) is 9.90 Å². The Balaban J connectivity index is 2.04. The molecule has 0 spiro atoms. The van der Waals surface area contributed by atoms with Gasteiger partial charge in [-0.2, -0.15) is 0 Å². The van der Waals surface area contributed by atoms with Crippen molar-refractivity contribution < 1.29 is 14.6 Å². The largest absolute Gasteiger partial charge is 0.497 e. The van der Waals surface area contributed by atoms with Crippen molar-refractivity contribution in [2.75, 3.05) is 20.7 Å². The molecule has 132 valence electrons. The van der Waals surface area contributed by atoms with E-state index < -0.39 is 6.10 Å². The maximum absolute atomic E-state index is 12.5. The van der Waals surface area contributed by atoms with Gasteiger partial charge in [0.2, 0.25) is 5.91 Å². The molecule has 25 heavy (non-hydrogen) atoms. The summed E-state index contributed by atoms with van der Waals surface area (Å²) < 4.78 is 5.16. The van der Waals surface area contributed by atoms with Gasteiger partial charge in [-0.15, -0.1) is 0 Å². The fourth-order valence-electron chi connectivity index (χ4n) is 2.47. The van der Waals surface area contributed by atoms with E-state index in [1.54, 1.807) is 45.4 Å². The third kappa shape index (κ3) is 5.34. The number of halogens is 1. The van der Waals surface area contributed by atoms with E-state index in [0.29, 0.717) is 21.9 Å². The van der Waals surface area contributed by atoms with Crippen molar-refractivity contribution in [3.05, 3.63) is 70.3 Å². The van der Waals surface area contributed by atoms with Crippen LogP contribution < -0.4 is 4.74 Å². The predicted octanol–water partition coefficient (Wildman–Crippen LogP) is 3.94. The zero-order valence-corrected chi connectivity index (χ0v) is 15.3. The molecule has 5 heteroatoms. The Morgan fingerprint density at radius 3 is 2.60 bits per heavy atom. The van der Waals surface area contributed by atoms with Crippen LogP contribution in [0.3, 0.4) is 0 Å². The van der Waals surface area contributed by atoms with E-state index in [4.69, 9.17) is 16.3 Å². The zero-order chi connectivity index (χ0) is 18.4. The van der Waals surface area contributed by atoms with Gasteiger partial charge in [-0.3, -0.25) is 4.79 Å². The summed E-state index contributed by atoms with van der Waals surface area (Å²) >= 11 is 5.87. The topological polar surface area (TPSA) is 49.8 Å². The molecule has 0 saturated heterocycles. The van der Waals surface area contributed by atoms with Crippen LogP contribution in [0.4, 0.5) is 0 Å². The third-order valence-corrected chi connectivity index (χ3v) is 4.11. The van der Waals surface area contributed by atoms with E-state index in [1.165, 1.54) is 4.90 Å². The summed E-state index contributed by atoms with van der Waals surface area (Å²) in [5.74, 6) is 0.529. The highest BCUT2D eigenvalue weighted by molar-refractivity contribution is 6.30. The molecule has 0 radical (unpaired) electrons. The van der Waals surface area contributed by atoms with Gasteiger partial charge in [0.05, 0.1) is 19.8 Å². The average molecular weight is 360 g/mol. The van der Waals surface area contributed by atoms with Crippen molar-refractivity contribution >= 4 is 23.6 Å². The highest BCUT2D eigenvalue weighted by Gasteiger charge is 2.17. The Hall–Kier alpha value is -2.30. The minimum Gasteiger partial charge on any atom is -0.497 e. The summed E-state index contributed by atoms with van der Waals surface area (Å²) in [4.78, 5) is 14.0. The summed E-state index contributed by atoms with van der Waals surface area (Å²) in [6.45, 7) is 1.95. The number of aliphatic hydroxyl groups excluding tert-OH is 1. The van der Waals surface area contributed by atoms with Crippen LogP contribution >= 0.6 is 11.6 Å². The Bertz CT molecular complexity index is 756. The van der Waals surface area contributed by atoms with Crippen molar-refractivity contribution in [2.45, 2.75) is 13.0 Å². The smallest absolute Gasteiger partial charge is 0.249 e. The van der Waals surface area contributed by atoms with Crippen LogP contribution in [0.25, 0.3) is 6.08 Å². The lowest BCUT2D eigenvalue weighted by Gasteiger charge is -2.21. The van der Waals surface area contributed by atoms with Crippen LogP contribution in [0, 0.1) is 0 Å². The molecule has 0 saturated carbocycles. The molecule has 0 fully saturated rings. The van der Waals surface area contributed by atoms with Crippen molar-refractivity contribution in [1.29, 1.82) is 0 Å². The highest BCUT2D eigenvalue weighted by Crippen LogP contribution is 2.20. The first-order valence-electron chi connectivity index (χ1n) is 7.92. The van der Waals surface area contributed by atoms with E-state index in [1.807, 2.05) is 30.3 Å². The molecule has 0 bridgehead atoms. The standard InChI is InChI=1S/C20H22ClNO3/c1-14(11-15-7-9-17(21)10-8-15)20(24)22(2)13-19(23)16-5-4-6-18(12-16)25-3/h4-12,19,23H,13H2,1-3H3/b14-11+. The lowest BCUT2D eigenvalue weighted by molar-refractivity contribution is -0.127. The molecular weight excluding hydrogens is 338 g/mol. The van der Waals surface area contributed by atoms with E-state index >= 15 is 0 Å². The van der Waals surface area contributed by atoms with Crippen molar-refractivity contribution in [3.8, 4) is 5.75 Å². The number of hydrogen-bond acceptors (Lipinski definition) is 3. The van der Waals surface area contributed by atoms with Crippen molar-refractivity contribution in [1.82, 2.24) is 4.90 Å². The van der Waals surface area contributed by atoms with Gasteiger partial charge in [0.25, 0.3) is 0 Å². The fraction of sp³-hybridized carbons (Fsp3) is 0.250. The quantitative estimate of drug-likeness (QED) is 0.795. The van der Waals surface area contributed by atoms with Crippen molar-refractivity contribution in [3.63, 3.8) is 0 Å². The number of hydrogen-bond donors (Lipinski definition) is 1. The minimum atomic E-state index is -0.785. The maximum atomic E-state index is 12.5. The second-order valence-corrected chi connectivity index (χ2v) is 6.29. The van der Waals surface area contributed by atoms with Gasteiger partial charge < -0.3 is 14.7 Å². The Morgan fingerprint density at radius 1 is 1.28 bits per heavy atom. The van der Waals surface area contributed by atoms with Crippen LogP contribution in [-0.2, 0) is 4.79 Å². The van der Waals surface area contributed by atoms with Gasteiger partial charge in [0.1, 0.15) is 5.75 Å². The number of likely N-dealkylation sites (N-methyl/N-ethyl adjacent to an activating group) is 1. The second kappa shape index (κ2) is 8.70. The monoisotopic (exact) mass is 359 g/mol. The number of carbonyl (C=O) groups is 1.